The Bertz CT molecular complexity index is 2760. The summed E-state index contributed by atoms with van der Waals surface area (Å²) < 4.78 is 0. The average Bonchev–Trinajstić information content (AvgIpc) is 3.46. The van der Waals surface area contributed by atoms with E-state index in [0.717, 1.165) is 0 Å². The van der Waals surface area contributed by atoms with Crippen LogP contribution in [0.5, 0.6) is 0 Å². The Hall–Kier alpha value is -6.24. The zero-order valence-electron chi connectivity index (χ0n) is 30.8. The Morgan fingerprint density at radius 2 is 0.736 bits per heavy atom. The van der Waals surface area contributed by atoms with Gasteiger partial charge in [-0.05, 0) is 111 Å². The Morgan fingerprint density at radius 1 is 0.283 bits per heavy atom. The minimum atomic E-state index is -0.0365. The van der Waals surface area contributed by atoms with Crippen LogP contribution in [0.3, 0.4) is 0 Å². The van der Waals surface area contributed by atoms with Crippen molar-refractivity contribution >= 4 is 32.3 Å². The van der Waals surface area contributed by atoms with Crippen molar-refractivity contribution in [1.82, 2.24) is 0 Å². The van der Waals surface area contributed by atoms with Crippen LogP contribution in [-0.2, 0) is 5.41 Å². The Labute approximate surface area is 313 Å². The molecule has 0 heterocycles. The summed E-state index contributed by atoms with van der Waals surface area (Å²) in [5.74, 6) is 0. The van der Waals surface area contributed by atoms with Crippen LogP contribution in [0.25, 0.3) is 88.0 Å². The fourth-order valence-electron chi connectivity index (χ4n) is 8.85. The summed E-state index contributed by atoms with van der Waals surface area (Å²) in [7, 11) is 0. The molecule has 0 N–H and O–H groups in total. The van der Waals surface area contributed by atoms with Crippen molar-refractivity contribution in [3.8, 4) is 55.6 Å². The van der Waals surface area contributed by atoms with Crippen LogP contribution in [0.1, 0.15) is 38.8 Å². The normalized spacial score (nSPS) is 12.7. The van der Waals surface area contributed by atoms with E-state index < -0.39 is 0 Å². The summed E-state index contributed by atoms with van der Waals surface area (Å²) in [5, 5.41) is 7.62. The van der Waals surface area contributed by atoms with E-state index in [1.54, 1.807) is 0 Å². The van der Waals surface area contributed by atoms with Crippen LogP contribution in [0.15, 0.2) is 182 Å². The fraction of sp³-hybridized carbons (Fsp3) is 0.0943. The van der Waals surface area contributed by atoms with Gasteiger partial charge in [-0.2, -0.15) is 0 Å². The van der Waals surface area contributed by atoms with Crippen LogP contribution in [0, 0.1) is 0 Å². The lowest BCUT2D eigenvalue weighted by Gasteiger charge is -2.22. The van der Waals surface area contributed by atoms with Gasteiger partial charge in [0.15, 0.2) is 0 Å². The molecule has 0 unspecified atom stereocenters. The van der Waals surface area contributed by atoms with E-state index in [9.17, 15) is 0 Å². The maximum atomic E-state index is 2.43. The fourth-order valence-corrected chi connectivity index (χ4v) is 8.85. The van der Waals surface area contributed by atoms with Crippen molar-refractivity contribution < 1.29 is 0 Å². The quantitative estimate of drug-likeness (QED) is 0.163. The van der Waals surface area contributed by atoms with Crippen molar-refractivity contribution in [3.05, 3.63) is 193 Å². The smallest absolute Gasteiger partial charge is 0.0159 e. The number of benzene rings is 9. The van der Waals surface area contributed by atoms with Crippen molar-refractivity contribution in [1.29, 1.82) is 0 Å². The molecule has 0 saturated carbocycles. The van der Waals surface area contributed by atoms with Crippen LogP contribution >= 0.6 is 0 Å². The summed E-state index contributed by atoms with van der Waals surface area (Å²) >= 11 is 0. The molecule has 0 nitrogen and oxygen atoms in total. The summed E-state index contributed by atoms with van der Waals surface area (Å²) in [5.41, 5.74) is 15.5. The third kappa shape index (κ3) is 5.20. The molecule has 0 atom stereocenters. The van der Waals surface area contributed by atoms with Crippen LogP contribution in [-0.4, -0.2) is 0 Å². The SMILES string of the molecule is CC.CC1(C)c2ccccc2-c2ccc(-c3cccc(-c4c5ccccc5c(-c5ccc(-c6ccccc6)c6ccccc56)c5ccccc45)c3)cc21. The molecule has 9 aromatic carbocycles. The second-order valence-corrected chi connectivity index (χ2v) is 14.4. The topological polar surface area (TPSA) is 0 Å². The van der Waals surface area contributed by atoms with Crippen molar-refractivity contribution in [2.45, 2.75) is 33.1 Å². The molecule has 0 spiro atoms. The third-order valence-electron chi connectivity index (χ3n) is 11.3. The lowest BCUT2D eigenvalue weighted by atomic mass is 9.81. The molecule has 9 aromatic rings. The highest BCUT2D eigenvalue weighted by molar-refractivity contribution is 6.24. The van der Waals surface area contributed by atoms with Crippen molar-refractivity contribution in [2.24, 2.45) is 0 Å². The first-order valence-electron chi connectivity index (χ1n) is 18.9. The molecule has 1 aliphatic rings. The molecule has 0 saturated heterocycles. The van der Waals surface area contributed by atoms with Gasteiger partial charge in [0.05, 0.1) is 0 Å². The average molecular weight is 679 g/mol. The van der Waals surface area contributed by atoms with Gasteiger partial charge in [-0.1, -0.05) is 198 Å². The first kappa shape index (κ1) is 32.7. The highest BCUT2D eigenvalue weighted by Gasteiger charge is 2.35. The third-order valence-corrected chi connectivity index (χ3v) is 11.3. The monoisotopic (exact) mass is 678 g/mol. The molecule has 0 aromatic heterocycles. The second-order valence-electron chi connectivity index (χ2n) is 14.4. The number of hydrogen-bond donors (Lipinski definition) is 0. The number of rotatable bonds is 4. The maximum Gasteiger partial charge on any atom is 0.0159 e. The molecule has 254 valence electrons. The van der Waals surface area contributed by atoms with Crippen molar-refractivity contribution in [2.75, 3.05) is 0 Å². The first-order valence-corrected chi connectivity index (χ1v) is 18.9. The van der Waals surface area contributed by atoms with E-state index in [4.69, 9.17) is 0 Å². The Balaban J connectivity index is 0.00000183. The second kappa shape index (κ2) is 13.1. The zero-order valence-corrected chi connectivity index (χ0v) is 30.8. The van der Waals surface area contributed by atoms with Gasteiger partial charge < -0.3 is 0 Å². The van der Waals surface area contributed by atoms with E-state index in [0.29, 0.717) is 0 Å². The van der Waals surface area contributed by atoms with Crippen molar-refractivity contribution in [3.63, 3.8) is 0 Å². The first-order chi connectivity index (χ1) is 26.1. The number of hydrogen-bond acceptors (Lipinski definition) is 0. The van der Waals surface area contributed by atoms with Gasteiger partial charge >= 0.3 is 0 Å². The zero-order chi connectivity index (χ0) is 36.1. The largest absolute Gasteiger partial charge is 0.0683 e. The molecule has 0 radical (unpaired) electrons. The van der Waals surface area contributed by atoms with E-state index in [1.807, 2.05) is 13.8 Å². The highest BCUT2D eigenvalue weighted by Crippen LogP contribution is 2.50. The van der Waals surface area contributed by atoms with Gasteiger partial charge in [-0.15, -0.1) is 0 Å². The molecule has 53 heavy (non-hydrogen) atoms. The Kier molecular flexibility index (Phi) is 8.05. The molecule has 1 aliphatic carbocycles. The standard InChI is InChI=1S/C51H36.C2H6/c1-51(2)47-26-13-12-21-40(47)41-28-27-35(32-48(41)51)34-17-14-18-36(31-34)49-42-22-8-10-24-44(42)50(45-25-11-9-23-43(45)49)46-30-29-37(33-15-4-3-5-16-33)38-19-6-7-20-39(38)46;1-2/h3-32H,1-2H3;1-2H3. The van der Waals surface area contributed by atoms with E-state index in [-0.39, 0.29) is 5.41 Å². The van der Waals surface area contributed by atoms with Gasteiger partial charge in [-0.25, -0.2) is 0 Å². The van der Waals surface area contributed by atoms with Gasteiger partial charge in [0, 0.05) is 5.41 Å². The van der Waals surface area contributed by atoms with Gasteiger partial charge in [0.1, 0.15) is 0 Å². The summed E-state index contributed by atoms with van der Waals surface area (Å²) in [6.07, 6.45) is 0. The molecule has 0 fully saturated rings. The summed E-state index contributed by atoms with van der Waals surface area (Å²) in [6, 6.07) is 67.4. The van der Waals surface area contributed by atoms with Crippen LogP contribution < -0.4 is 0 Å². The summed E-state index contributed by atoms with van der Waals surface area (Å²) in [4.78, 5) is 0. The Morgan fingerprint density at radius 3 is 1.42 bits per heavy atom. The molecule has 0 aliphatic heterocycles. The minimum absolute atomic E-state index is 0.0365. The lowest BCUT2D eigenvalue weighted by molar-refractivity contribution is 0.660. The lowest BCUT2D eigenvalue weighted by Crippen LogP contribution is -2.14. The summed E-state index contributed by atoms with van der Waals surface area (Å²) in [6.45, 7) is 8.71. The maximum absolute atomic E-state index is 2.43. The van der Waals surface area contributed by atoms with E-state index >= 15 is 0 Å². The molecular weight excluding hydrogens is 637 g/mol. The highest BCUT2D eigenvalue weighted by atomic mass is 14.4. The number of fused-ring (bicyclic) bond motifs is 6. The molecular formula is C53H42. The molecule has 0 heteroatoms. The van der Waals surface area contributed by atoms with Gasteiger partial charge in [0.2, 0.25) is 0 Å². The van der Waals surface area contributed by atoms with Gasteiger partial charge in [-0.3, -0.25) is 0 Å². The van der Waals surface area contributed by atoms with E-state index in [2.05, 4.69) is 196 Å². The predicted molar refractivity (Wildman–Crippen MR) is 230 cm³/mol. The van der Waals surface area contributed by atoms with Gasteiger partial charge in [0.25, 0.3) is 0 Å². The molecule has 10 rings (SSSR count). The predicted octanol–water partition coefficient (Wildman–Crippen LogP) is 15.1. The van der Waals surface area contributed by atoms with Crippen LogP contribution in [0.2, 0.25) is 0 Å². The molecule has 0 bridgehead atoms. The van der Waals surface area contributed by atoms with Crippen LogP contribution in [0.4, 0.5) is 0 Å². The molecule has 0 amide bonds. The van der Waals surface area contributed by atoms with E-state index in [1.165, 1.54) is 99.1 Å². The minimum Gasteiger partial charge on any atom is -0.0683 e.